The highest BCUT2D eigenvalue weighted by atomic mass is 32.2. The molecule has 0 atom stereocenters. The molecule has 1 aromatic rings. The number of hydrogen-bond acceptors (Lipinski definition) is 2. The second-order valence-electron chi connectivity index (χ2n) is 2.47. The van der Waals surface area contributed by atoms with Crippen molar-refractivity contribution in [2.24, 2.45) is 0 Å². The normalized spacial score (nSPS) is 10.2. The van der Waals surface area contributed by atoms with Crippen LogP contribution in [-0.2, 0) is 0 Å². The average Bonchev–Trinajstić information content (AvgIpc) is 2.09. The molecule has 0 nitrogen and oxygen atoms in total. The summed E-state index contributed by atoms with van der Waals surface area (Å²) in [5.74, 6) is 1.41. The first-order chi connectivity index (χ1) is 5.83. The Labute approximate surface area is 81.2 Å². The van der Waals surface area contributed by atoms with Gasteiger partial charge in [-0.15, -0.1) is 11.8 Å². The van der Waals surface area contributed by atoms with Gasteiger partial charge in [-0.05, 0) is 19.1 Å². The molecule has 0 N–H and O–H groups in total. The first kappa shape index (κ1) is 9.93. The van der Waals surface area contributed by atoms with Gasteiger partial charge in [0.05, 0.1) is 0 Å². The van der Waals surface area contributed by atoms with Gasteiger partial charge in [0.1, 0.15) is 0 Å². The lowest BCUT2D eigenvalue weighted by atomic mass is 10.2. The van der Waals surface area contributed by atoms with Gasteiger partial charge in [0.2, 0.25) is 0 Å². The van der Waals surface area contributed by atoms with Crippen molar-refractivity contribution in [2.45, 2.75) is 11.8 Å². The van der Waals surface area contributed by atoms with Crippen molar-refractivity contribution < 1.29 is 3.89 Å². The van der Waals surface area contributed by atoms with E-state index in [1.807, 2.05) is 0 Å². The lowest BCUT2D eigenvalue weighted by molar-refractivity contribution is 0.937. The van der Waals surface area contributed by atoms with Gasteiger partial charge in [0, 0.05) is 28.5 Å². The summed E-state index contributed by atoms with van der Waals surface area (Å²) in [6, 6.07) is 8.29. The highest BCUT2D eigenvalue weighted by Crippen LogP contribution is 2.19. The minimum Gasteiger partial charge on any atom is -0.165 e. The highest BCUT2D eigenvalue weighted by Gasteiger charge is 1.93. The van der Waals surface area contributed by atoms with Crippen LogP contribution in [0.4, 0.5) is 3.89 Å². The lowest BCUT2D eigenvalue weighted by Crippen LogP contribution is -1.81. The van der Waals surface area contributed by atoms with Crippen molar-refractivity contribution in [2.75, 3.05) is 11.5 Å². The summed E-state index contributed by atoms with van der Waals surface area (Å²) < 4.78 is 11.7. The van der Waals surface area contributed by atoms with Crippen LogP contribution in [0.2, 0.25) is 0 Å². The maximum absolute atomic E-state index is 11.7. The van der Waals surface area contributed by atoms with E-state index in [-0.39, 0.29) is 0 Å². The van der Waals surface area contributed by atoms with Crippen molar-refractivity contribution >= 4 is 23.9 Å². The van der Waals surface area contributed by atoms with Gasteiger partial charge in [-0.25, -0.2) is 0 Å². The van der Waals surface area contributed by atoms with E-state index in [1.54, 1.807) is 11.8 Å². The van der Waals surface area contributed by atoms with Crippen molar-refractivity contribution in [3.05, 3.63) is 29.8 Å². The number of hydrogen-bond donors (Lipinski definition) is 0. The van der Waals surface area contributed by atoms with Gasteiger partial charge in [-0.1, -0.05) is 17.7 Å². The average molecular weight is 202 g/mol. The Morgan fingerprint density at radius 2 is 1.83 bits per heavy atom. The number of aryl methyl sites for hydroxylation is 1. The molecule has 3 heteroatoms. The molecule has 0 amide bonds. The summed E-state index contributed by atoms with van der Waals surface area (Å²) in [6.45, 7) is 2.06. The second-order valence-corrected chi connectivity index (χ2v) is 4.27. The van der Waals surface area contributed by atoms with E-state index < -0.39 is 0 Å². The fourth-order valence-corrected chi connectivity index (χ4v) is 1.98. The Bertz CT molecular complexity index is 220. The lowest BCUT2D eigenvalue weighted by Gasteiger charge is -1.99. The van der Waals surface area contributed by atoms with E-state index in [0.717, 1.165) is 5.75 Å². The van der Waals surface area contributed by atoms with Crippen molar-refractivity contribution in [3.63, 3.8) is 0 Å². The zero-order valence-corrected chi connectivity index (χ0v) is 8.55. The molecule has 1 rings (SSSR count). The molecule has 66 valence electrons. The molecule has 0 aliphatic rings. The van der Waals surface area contributed by atoms with E-state index in [1.165, 1.54) is 10.5 Å². The predicted octanol–water partition coefficient (Wildman–Crippen LogP) is 3.70. The molecule has 12 heavy (non-hydrogen) atoms. The minimum absolute atomic E-state index is 0.403. The van der Waals surface area contributed by atoms with Crippen molar-refractivity contribution in [1.82, 2.24) is 0 Å². The minimum atomic E-state index is 0.403. The monoisotopic (exact) mass is 202 g/mol. The smallest absolute Gasteiger partial charge is 0.0451 e. The summed E-state index contributed by atoms with van der Waals surface area (Å²) in [5.41, 5.74) is 1.26. The third-order valence-corrected chi connectivity index (χ3v) is 3.08. The summed E-state index contributed by atoms with van der Waals surface area (Å²) in [4.78, 5) is 1.22. The Hall–Kier alpha value is -0.150. The predicted molar refractivity (Wildman–Crippen MR) is 55.5 cm³/mol. The Balaban J connectivity index is 2.37. The Morgan fingerprint density at radius 1 is 1.17 bits per heavy atom. The van der Waals surface area contributed by atoms with Crippen LogP contribution in [0.5, 0.6) is 0 Å². The van der Waals surface area contributed by atoms with Gasteiger partial charge in [0.25, 0.3) is 0 Å². The van der Waals surface area contributed by atoms with Crippen LogP contribution in [0, 0.1) is 6.92 Å². The van der Waals surface area contributed by atoms with Gasteiger partial charge in [0.15, 0.2) is 0 Å². The SMILES string of the molecule is Cc1ccc(SCCSF)cc1. The van der Waals surface area contributed by atoms with Gasteiger partial charge < -0.3 is 0 Å². The fourth-order valence-electron chi connectivity index (χ4n) is 0.826. The van der Waals surface area contributed by atoms with Crippen LogP contribution < -0.4 is 0 Å². The second kappa shape index (κ2) is 5.49. The van der Waals surface area contributed by atoms with Crippen LogP contribution in [-0.4, -0.2) is 11.5 Å². The van der Waals surface area contributed by atoms with Crippen LogP contribution in [0.1, 0.15) is 5.56 Å². The van der Waals surface area contributed by atoms with Gasteiger partial charge >= 0.3 is 0 Å². The van der Waals surface area contributed by atoms with Crippen LogP contribution in [0.15, 0.2) is 29.2 Å². The third-order valence-electron chi connectivity index (χ3n) is 1.45. The summed E-state index contributed by atoms with van der Waals surface area (Å²) in [6.07, 6.45) is 0. The summed E-state index contributed by atoms with van der Waals surface area (Å²) in [7, 11) is 0. The first-order valence-corrected chi connectivity index (χ1v) is 5.63. The molecule has 0 saturated heterocycles. The van der Waals surface area contributed by atoms with Crippen molar-refractivity contribution in [3.8, 4) is 0 Å². The number of halogens is 1. The molecule has 0 radical (unpaired) electrons. The fraction of sp³-hybridized carbons (Fsp3) is 0.333. The Kier molecular flexibility index (Phi) is 4.54. The molecule has 0 saturated carbocycles. The standard InChI is InChI=1S/C9H11FS2/c1-8-2-4-9(5-3-8)11-6-7-12-10/h2-5H,6-7H2,1H3. The van der Waals surface area contributed by atoms with Crippen LogP contribution >= 0.6 is 23.9 Å². The molecule has 0 aliphatic heterocycles. The molecular formula is C9H11FS2. The zero-order valence-electron chi connectivity index (χ0n) is 6.92. The molecule has 0 bridgehead atoms. The highest BCUT2D eigenvalue weighted by molar-refractivity contribution is 8.01. The topological polar surface area (TPSA) is 0 Å². The summed E-state index contributed by atoms with van der Waals surface area (Å²) in [5, 5.41) is 0. The van der Waals surface area contributed by atoms with E-state index in [9.17, 15) is 3.89 Å². The molecule has 0 spiro atoms. The van der Waals surface area contributed by atoms with Crippen LogP contribution in [0.3, 0.4) is 0 Å². The van der Waals surface area contributed by atoms with E-state index >= 15 is 0 Å². The quantitative estimate of drug-likeness (QED) is 0.539. The molecule has 0 fully saturated rings. The molecular weight excluding hydrogens is 191 g/mol. The summed E-state index contributed by atoms with van der Waals surface area (Å²) >= 11 is 2.10. The van der Waals surface area contributed by atoms with Crippen LogP contribution in [0.25, 0.3) is 0 Å². The van der Waals surface area contributed by atoms with E-state index in [0.29, 0.717) is 17.9 Å². The van der Waals surface area contributed by atoms with Gasteiger partial charge in [-0.2, -0.15) is 3.89 Å². The molecule has 0 heterocycles. The molecule has 1 aromatic carbocycles. The van der Waals surface area contributed by atoms with Crippen molar-refractivity contribution in [1.29, 1.82) is 0 Å². The maximum Gasteiger partial charge on any atom is 0.0451 e. The first-order valence-electron chi connectivity index (χ1n) is 3.76. The number of benzene rings is 1. The number of rotatable bonds is 4. The number of thioether (sulfide) groups is 1. The maximum atomic E-state index is 11.7. The molecule has 0 aliphatic carbocycles. The van der Waals surface area contributed by atoms with E-state index in [4.69, 9.17) is 0 Å². The third kappa shape index (κ3) is 3.50. The molecule has 0 unspecified atom stereocenters. The Morgan fingerprint density at radius 3 is 2.42 bits per heavy atom. The zero-order chi connectivity index (χ0) is 8.81. The van der Waals surface area contributed by atoms with E-state index in [2.05, 4.69) is 31.2 Å². The largest absolute Gasteiger partial charge is 0.165 e. The molecule has 0 aromatic heterocycles. The van der Waals surface area contributed by atoms with Gasteiger partial charge in [-0.3, -0.25) is 0 Å².